The minimum Gasteiger partial charge on any atom is -0.333 e. The van der Waals surface area contributed by atoms with Gasteiger partial charge in [0.05, 0.1) is 19.6 Å². The summed E-state index contributed by atoms with van der Waals surface area (Å²) in [5.74, 6) is -0.559. The van der Waals surface area contributed by atoms with Crippen LogP contribution in [0.25, 0.3) is 0 Å². The van der Waals surface area contributed by atoms with E-state index in [9.17, 15) is 18.0 Å². The SMILES string of the molecule is O=C1CC(=O)N(CCOS(=O)(=O)O)C1. The lowest BCUT2D eigenvalue weighted by Gasteiger charge is -2.12. The number of hydrogen-bond acceptors (Lipinski definition) is 5. The standard InChI is InChI=1S/C6H9NO6S/c8-5-3-6(9)7(4-5)1-2-13-14(10,11)12/h1-4H2,(H,10,11,12). The van der Waals surface area contributed by atoms with Crippen molar-refractivity contribution >= 4 is 22.1 Å². The van der Waals surface area contributed by atoms with Crippen LogP contribution in [-0.4, -0.2) is 49.3 Å². The molecular formula is C6H9NO6S. The van der Waals surface area contributed by atoms with Crippen LogP contribution in [0.1, 0.15) is 6.42 Å². The van der Waals surface area contributed by atoms with E-state index < -0.39 is 10.4 Å². The van der Waals surface area contributed by atoms with Gasteiger partial charge in [0.2, 0.25) is 5.91 Å². The van der Waals surface area contributed by atoms with Gasteiger partial charge in [0.15, 0.2) is 5.78 Å². The summed E-state index contributed by atoms with van der Waals surface area (Å²) in [5.41, 5.74) is 0. The predicted octanol–water partition coefficient (Wildman–Crippen LogP) is -1.39. The zero-order valence-corrected chi connectivity index (χ0v) is 7.99. The molecule has 14 heavy (non-hydrogen) atoms. The summed E-state index contributed by atoms with van der Waals surface area (Å²) in [5, 5.41) is 0. The van der Waals surface area contributed by atoms with Gasteiger partial charge in [0, 0.05) is 6.54 Å². The first-order valence-electron chi connectivity index (χ1n) is 3.80. The molecule has 0 atom stereocenters. The Bertz CT molecular complexity index is 347. The molecule has 0 bridgehead atoms. The second kappa shape index (κ2) is 4.03. The van der Waals surface area contributed by atoms with E-state index in [0.29, 0.717) is 0 Å². The molecule has 0 spiro atoms. The summed E-state index contributed by atoms with van der Waals surface area (Å²) >= 11 is 0. The highest BCUT2D eigenvalue weighted by Crippen LogP contribution is 2.05. The van der Waals surface area contributed by atoms with Crippen LogP contribution >= 0.6 is 0 Å². The Hall–Kier alpha value is -0.990. The fourth-order valence-corrected chi connectivity index (χ4v) is 1.38. The van der Waals surface area contributed by atoms with Crippen molar-refractivity contribution in [1.82, 2.24) is 4.90 Å². The lowest BCUT2D eigenvalue weighted by Crippen LogP contribution is -2.29. The fraction of sp³-hybridized carbons (Fsp3) is 0.667. The second-order valence-corrected chi connectivity index (χ2v) is 3.87. The van der Waals surface area contributed by atoms with E-state index in [4.69, 9.17) is 4.55 Å². The Morgan fingerprint density at radius 2 is 2.07 bits per heavy atom. The minimum atomic E-state index is -4.47. The summed E-state index contributed by atoms with van der Waals surface area (Å²) in [6.45, 7) is -0.393. The van der Waals surface area contributed by atoms with Gasteiger partial charge in [-0.15, -0.1) is 0 Å². The molecule has 1 rings (SSSR count). The molecule has 80 valence electrons. The third-order valence-corrected chi connectivity index (χ3v) is 2.13. The lowest BCUT2D eigenvalue weighted by molar-refractivity contribution is -0.128. The van der Waals surface area contributed by atoms with Crippen LogP contribution in [0.4, 0.5) is 0 Å². The quantitative estimate of drug-likeness (QED) is 0.465. The molecule has 0 aromatic heterocycles. The summed E-state index contributed by atoms with van der Waals surface area (Å²) in [7, 11) is -4.47. The smallest absolute Gasteiger partial charge is 0.333 e. The van der Waals surface area contributed by atoms with E-state index in [2.05, 4.69) is 4.18 Å². The van der Waals surface area contributed by atoms with E-state index in [0.717, 1.165) is 0 Å². The van der Waals surface area contributed by atoms with Crippen LogP contribution in [0.5, 0.6) is 0 Å². The highest BCUT2D eigenvalue weighted by Gasteiger charge is 2.27. The molecule has 8 heteroatoms. The van der Waals surface area contributed by atoms with Gasteiger partial charge in [0.25, 0.3) is 0 Å². The minimum absolute atomic E-state index is 0.0202. The average Bonchev–Trinajstić information content (AvgIpc) is 2.27. The molecule has 0 unspecified atom stereocenters. The Morgan fingerprint density at radius 3 is 2.50 bits per heavy atom. The Balaban J connectivity index is 2.33. The van der Waals surface area contributed by atoms with Gasteiger partial charge in [-0.25, -0.2) is 4.18 Å². The molecule has 1 fully saturated rings. The van der Waals surface area contributed by atoms with E-state index in [1.54, 1.807) is 0 Å². The van der Waals surface area contributed by atoms with Gasteiger partial charge in [0.1, 0.15) is 0 Å². The van der Waals surface area contributed by atoms with E-state index in [1.165, 1.54) is 4.90 Å². The first-order chi connectivity index (χ1) is 6.38. The number of rotatable bonds is 4. The van der Waals surface area contributed by atoms with E-state index in [-0.39, 0.29) is 37.8 Å². The maximum atomic E-state index is 11.0. The summed E-state index contributed by atoms with van der Waals surface area (Å²) in [6.07, 6.45) is -0.147. The summed E-state index contributed by atoms with van der Waals surface area (Å²) < 4.78 is 32.4. The van der Waals surface area contributed by atoms with Crippen molar-refractivity contribution in [2.75, 3.05) is 19.7 Å². The second-order valence-electron chi connectivity index (χ2n) is 2.78. The van der Waals surface area contributed by atoms with Crippen molar-refractivity contribution in [2.24, 2.45) is 0 Å². The molecule has 0 aromatic rings. The number of hydrogen-bond donors (Lipinski definition) is 1. The highest BCUT2D eigenvalue weighted by molar-refractivity contribution is 7.80. The zero-order chi connectivity index (χ0) is 10.8. The van der Waals surface area contributed by atoms with Gasteiger partial charge in [-0.2, -0.15) is 8.42 Å². The molecule has 0 aromatic carbocycles. The molecular weight excluding hydrogens is 214 g/mol. The Labute approximate surface area is 80.6 Å². The number of likely N-dealkylation sites (tertiary alicyclic amines) is 1. The van der Waals surface area contributed by atoms with Crippen molar-refractivity contribution in [3.05, 3.63) is 0 Å². The molecule has 1 N–H and O–H groups in total. The van der Waals surface area contributed by atoms with Crippen molar-refractivity contribution < 1.29 is 26.7 Å². The fourth-order valence-electron chi connectivity index (χ4n) is 1.09. The molecule has 7 nitrogen and oxygen atoms in total. The predicted molar refractivity (Wildman–Crippen MR) is 43.7 cm³/mol. The van der Waals surface area contributed by atoms with Gasteiger partial charge in [-0.3, -0.25) is 14.1 Å². The Morgan fingerprint density at radius 1 is 1.43 bits per heavy atom. The number of amides is 1. The van der Waals surface area contributed by atoms with Crippen LogP contribution in [0.2, 0.25) is 0 Å². The van der Waals surface area contributed by atoms with Gasteiger partial charge in [-0.1, -0.05) is 0 Å². The van der Waals surface area contributed by atoms with Crippen LogP contribution in [-0.2, 0) is 24.2 Å². The number of carbonyl (C=O) groups is 2. The van der Waals surface area contributed by atoms with Crippen molar-refractivity contribution in [1.29, 1.82) is 0 Å². The van der Waals surface area contributed by atoms with Crippen molar-refractivity contribution in [3.63, 3.8) is 0 Å². The maximum Gasteiger partial charge on any atom is 0.397 e. The molecule has 1 aliphatic heterocycles. The number of Topliss-reactive ketones (excluding diaryl/α,β-unsaturated/α-hetero) is 1. The first-order valence-corrected chi connectivity index (χ1v) is 5.16. The average molecular weight is 223 g/mol. The number of nitrogens with zero attached hydrogens (tertiary/aromatic N) is 1. The number of carbonyl (C=O) groups excluding carboxylic acids is 2. The zero-order valence-electron chi connectivity index (χ0n) is 7.17. The lowest BCUT2D eigenvalue weighted by atomic mass is 10.3. The maximum absolute atomic E-state index is 11.0. The van der Waals surface area contributed by atoms with Crippen molar-refractivity contribution in [2.45, 2.75) is 6.42 Å². The van der Waals surface area contributed by atoms with E-state index in [1.807, 2.05) is 0 Å². The van der Waals surface area contributed by atoms with Crippen LogP contribution < -0.4 is 0 Å². The molecule has 0 saturated carbocycles. The highest BCUT2D eigenvalue weighted by atomic mass is 32.3. The number of ketones is 1. The molecule has 1 heterocycles. The third-order valence-electron chi connectivity index (χ3n) is 1.66. The van der Waals surface area contributed by atoms with Crippen LogP contribution in [0.3, 0.4) is 0 Å². The molecule has 1 amide bonds. The molecule has 0 aliphatic carbocycles. The topological polar surface area (TPSA) is 101 Å². The van der Waals surface area contributed by atoms with Crippen LogP contribution in [0, 0.1) is 0 Å². The first kappa shape index (κ1) is 11.1. The Kier molecular flexibility index (Phi) is 3.19. The molecule has 1 aliphatic rings. The molecule has 1 saturated heterocycles. The third kappa shape index (κ3) is 3.40. The van der Waals surface area contributed by atoms with Gasteiger partial charge >= 0.3 is 10.4 Å². The normalized spacial score (nSPS) is 17.9. The van der Waals surface area contributed by atoms with Crippen LogP contribution in [0.15, 0.2) is 0 Å². The van der Waals surface area contributed by atoms with Gasteiger partial charge < -0.3 is 4.90 Å². The monoisotopic (exact) mass is 223 g/mol. The molecule has 0 radical (unpaired) electrons. The van der Waals surface area contributed by atoms with Crippen molar-refractivity contribution in [3.8, 4) is 0 Å². The van der Waals surface area contributed by atoms with E-state index >= 15 is 0 Å². The summed E-state index contributed by atoms with van der Waals surface area (Å²) in [6, 6.07) is 0. The largest absolute Gasteiger partial charge is 0.397 e. The van der Waals surface area contributed by atoms with Gasteiger partial charge in [-0.05, 0) is 0 Å². The summed E-state index contributed by atoms with van der Waals surface area (Å²) in [4.78, 5) is 22.9.